The highest BCUT2D eigenvalue weighted by Gasteiger charge is 2.27. The van der Waals surface area contributed by atoms with Crippen LogP contribution in [0.4, 0.5) is 0 Å². The number of piperazine rings is 1. The number of nitrogens with one attached hydrogen (secondary N) is 1. The van der Waals surface area contributed by atoms with Crippen LogP contribution >= 0.6 is 0 Å². The molecule has 2 rings (SSSR count). The molecule has 2 unspecified atom stereocenters. The van der Waals surface area contributed by atoms with Gasteiger partial charge in [0, 0.05) is 37.8 Å². The van der Waals surface area contributed by atoms with Gasteiger partial charge >= 0.3 is 0 Å². The summed E-state index contributed by atoms with van der Waals surface area (Å²) in [5, 5.41) is 7.70. The minimum atomic E-state index is 0.611. The Hall–Kier alpha value is -0.870. The van der Waals surface area contributed by atoms with Crippen LogP contribution in [0, 0.1) is 5.92 Å². The maximum Gasteiger partial charge on any atom is 0.124 e. The molecule has 1 aromatic rings. The molecule has 2 atom stereocenters. The van der Waals surface area contributed by atoms with E-state index in [2.05, 4.69) is 36.1 Å². The summed E-state index contributed by atoms with van der Waals surface area (Å²) in [4.78, 5) is 2.54. The first kappa shape index (κ1) is 13.6. The Morgan fingerprint density at radius 2 is 2.39 bits per heavy atom. The normalized spacial score (nSPS) is 25.8. The van der Waals surface area contributed by atoms with Crippen molar-refractivity contribution in [2.45, 2.75) is 52.2 Å². The van der Waals surface area contributed by atoms with Crippen molar-refractivity contribution in [1.29, 1.82) is 0 Å². The Labute approximate surface area is 110 Å². The Kier molecular flexibility index (Phi) is 4.78. The summed E-state index contributed by atoms with van der Waals surface area (Å²) < 4.78 is 4.92. The van der Waals surface area contributed by atoms with Gasteiger partial charge < -0.3 is 9.84 Å². The number of rotatable bonds is 5. The molecule has 1 aromatic heterocycles. The van der Waals surface area contributed by atoms with Crippen LogP contribution < -0.4 is 5.32 Å². The van der Waals surface area contributed by atoms with Crippen molar-refractivity contribution in [1.82, 2.24) is 15.4 Å². The lowest BCUT2D eigenvalue weighted by molar-refractivity contribution is 0.109. The number of aromatic nitrogens is 1. The lowest BCUT2D eigenvalue weighted by Crippen LogP contribution is -2.56. The number of hydrogen-bond acceptors (Lipinski definition) is 4. The molecule has 102 valence electrons. The predicted molar refractivity (Wildman–Crippen MR) is 72.2 cm³/mol. The zero-order chi connectivity index (χ0) is 13.0. The van der Waals surface area contributed by atoms with Crippen LogP contribution in [0.15, 0.2) is 16.9 Å². The van der Waals surface area contributed by atoms with Gasteiger partial charge in [-0.05, 0) is 18.8 Å². The molecule has 0 spiro atoms. The molecule has 0 amide bonds. The van der Waals surface area contributed by atoms with Gasteiger partial charge in [0.2, 0.25) is 0 Å². The Morgan fingerprint density at radius 3 is 3.00 bits per heavy atom. The summed E-state index contributed by atoms with van der Waals surface area (Å²) in [7, 11) is 0. The van der Waals surface area contributed by atoms with Gasteiger partial charge in [-0.25, -0.2) is 0 Å². The van der Waals surface area contributed by atoms with Crippen molar-refractivity contribution in [2.75, 3.05) is 13.1 Å². The van der Waals surface area contributed by atoms with E-state index in [9.17, 15) is 0 Å². The molecule has 2 heterocycles. The number of nitrogens with zero attached hydrogens (tertiary/aromatic N) is 2. The first-order chi connectivity index (χ1) is 8.69. The molecule has 0 radical (unpaired) electrons. The number of hydrogen-bond donors (Lipinski definition) is 1. The van der Waals surface area contributed by atoms with E-state index in [1.165, 1.54) is 12.8 Å². The van der Waals surface area contributed by atoms with Gasteiger partial charge in [0.15, 0.2) is 0 Å². The molecule has 1 aliphatic heterocycles. The van der Waals surface area contributed by atoms with Crippen LogP contribution in [0.2, 0.25) is 0 Å². The summed E-state index contributed by atoms with van der Waals surface area (Å²) in [6.45, 7) is 9.94. The predicted octanol–water partition coefficient (Wildman–Crippen LogP) is 2.27. The van der Waals surface area contributed by atoms with Crippen LogP contribution in [0.3, 0.4) is 0 Å². The third-order valence-corrected chi connectivity index (χ3v) is 3.70. The van der Waals surface area contributed by atoms with Crippen molar-refractivity contribution >= 4 is 0 Å². The van der Waals surface area contributed by atoms with E-state index < -0.39 is 0 Å². The van der Waals surface area contributed by atoms with Crippen molar-refractivity contribution in [2.24, 2.45) is 5.92 Å². The fraction of sp³-hybridized carbons (Fsp3) is 0.786. The van der Waals surface area contributed by atoms with Crippen LogP contribution in [-0.2, 0) is 6.54 Å². The topological polar surface area (TPSA) is 41.3 Å². The van der Waals surface area contributed by atoms with E-state index in [1.807, 2.05) is 6.07 Å². The van der Waals surface area contributed by atoms with Crippen LogP contribution in [-0.4, -0.2) is 35.2 Å². The molecule has 0 saturated carbocycles. The fourth-order valence-electron chi connectivity index (χ4n) is 2.78. The SMILES string of the molecule is CCC1CNC(CC(C)C)CN1Cc1ccon1. The van der Waals surface area contributed by atoms with E-state index in [0.29, 0.717) is 12.1 Å². The van der Waals surface area contributed by atoms with Crippen LogP contribution in [0.25, 0.3) is 0 Å². The maximum atomic E-state index is 4.92. The largest absolute Gasteiger partial charge is 0.364 e. The van der Waals surface area contributed by atoms with Crippen molar-refractivity contribution in [3.63, 3.8) is 0 Å². The minimum Gasteiger partial charge on any atom is -0.364 e. The molecule has 1 fully saturated rings. The van der Waals surface area contributed by atoms with Gasteiger partial charge in [-0.1, -0.05) is 25.9 Å². The third-order valence-electron chi connectivity index (χ3n) is 3.70. The molecule has 18 heavy (non-hydrogen) atoms. The second kappa shape index (κ2) is 6.34. The van der Waals surface area contributed by atoms with Crippen LogP contribution in [0.1, 0.15) is 39.3 Å². The monoisotopic (exact) mass is 251 g/mol. The molecular formula is C14H25N3O. The van der Waals surface area contributed by atoms with Crippen LogP contribution in [0.5, 0.6) is 0 Å². The molecule has 0 aliphatic carbocycles. The first-order valence-electron chi connectivity index (χ1n) is 7.05. The van der Waals surface area contributed by atoms with E-state index in [0.717, 1.165) is 31.2 Å². The highest BCUT2D eigenvalue weighted by molar-refractivity contribution is 4.97. The molecule has 0 bridgehead atoms. The summed E-state index contributed by atoms with van der Waals surface area (Å²) >= 11 is 0. The van der Waals surface area contributed by atoms with E-state index in [-0.39, 0.29) is 0 Å². The quantitative estimate of drug-likeness (QED) is 0.871. The molecular weight excluding hydrogens is 226 g/mol. The summed E-state index contributed by atoms with van der Waals surface area (Å²) in [6.07, 6.45) is 4.08. The molecule has 1 aliphatic rings. The van der Waals surface area contributed by atoms with Gasteiger partial charge in [0.25, 0.3) is 0 Å². The average molecular weight is 251 g/mol. The van der Waals surface area contributed by atoms with Gasteiger partial charge in [0.05, 0.1) is 5.69 Å². The zero-order valence-electron chi connectivity index (χ0n) is 11.7. The molecule has 4 nitrogen and oxygen atoms in total. The van der Waals surface area contributed by atoms with Crippen molar-refractivity contribution in [3.05, 3.63) is 18.0 Å². The Morgan fingerprint density at radius 1 is 1.56 bits per heavy atom. The lowest BCUT2D eigenvalue weighted by Gasteiger charge is -2.40. The lowest BCUT2D eigenvalue weighted by atomic mass is 9.99. The second-order valence-corrected chi connectivity index (χ2v) is 5.72. The van der Waals surface area contributed by atoms with Crippen molar-refractivity contribution in [3.8, 4) is 0 Å². The van der Waals surface area contributed by atoms with Gasteiger partial charge in [0.1, 0.15) is 6.26 Å². The van der Waals surface area contributed by atoms with Gasteiger partial charge in [-0.3, -0.25) is 4.90 Å². The standard InChI is InChI=1S/C14H25N3O/c1-4-14-8-15-13(7-11(2)3)10-17(14)9-12-5-6-18-16-12/h5-6,11,13-15H,4,7-10H2,1-3H3. The Bertz CT molecular complexity index is 337. The first-order valence-corrected chi connectivity index (χ1v) is 7.05. The molecule has 4 heteroatoms. The maximum absolute atomic E-state index is 4.92. The average Bonchev–Trinajstić information content (AvgIpc) is 2.81. The summed E-state index contributed by atoms with van der Waals surface area (Å²) in [5.41, 5.74) is 1.04. The minimum absolute atomic E-state index is 0.611. The smallest absolute Gasteiger partial charge is 0.124 e. The summed E-state index contributed by atoms with van der Waals surface area (Å²) in [5.74, 6) is 0.745. The van der Waals surface area contributed by atoms with Gasteiger partial charge in [-0.15, -0.1) is 0 Å². The fourth-order valence-corrected chi connectivity index (χ4v) is 2.78. The van der Waals surface area contributed by atoms with Gasteiger partial charge in [-0.2, -0.15) is 0 Å². The van der Waals surface area contributed by atoms with E-state index >= 15 is 0 Å². The Balaban J connectivity index is 1.94. The zero-order valence-corrected chi connectivity index (χ0v) is 11.7. The van der Waals surface area contributed by atoms with E-state index in [1.54, 1.807) is 6.26 Å². The highest BCUT2D eigenvalue weighted by Crippen LogP contribution is 2.17. The second-order valence-electron chi connectivity index (χ2n) is 5.72. The highest BCUT2D eigenvalue weighted by atomic mass is 16.5. The van der Waals surface area contributed by atoms with Crippen molar-refractivity contribution < 1.29 is 4.52 Å². The summed E-state index contributed by atoms with van der Waals surface area (Å²) in [6, 6.07) is 3.19. The van der Waals surface area contributed by atoms with E-state index in [4.69, 9.17) is 4.52 Å². The molecule has 1 saturated heterocycles. The third kappa shape index (κ3) is 3.56. The molecule has 1 N–H and O–H groups in total. The molecule has 0 aromatic carbocycles.